The van der Waals surface area contributed by atoms with E-state index in [0.717, 1.165) is 29.5 Å². The second-order valence-electron chi connectivity index (χ2n) is 7.19. The molecular formula is C26H27F. The van der Waals surface area contributed by atoms with Crippen molar-refractivity contribution in [3.8, 4) is 0 Å². The average Bonchev–Trinajstić information content (AvgIpc) is 2.70. The monoisotopic (exact) mass is 358 g/mol. The van der Waals surface area contributed by atoms with Crippen molar-refractivity contribution < 1.29 is 4.39 Å². The molecule has 0 bridgehead atoms. The Morgan fingerprint density at radius 1 is 0.852 bits per heavy atom. The molecule has 0 saturated heterocycles. The van der Waals surface area contributed by atoms with Crippen molar-refractivity contribution in [2.75, 3.05) is 0 Å². The highest BCUT2D eigenvalue weighted by molar-refractivity contribution is 5.69. The lowest BCUT2D eigenvalue weighted by atomic mass is 9.93. The number of rotatable bonds is 7. The highest BCUT2D eigenvalue weighted by Gasteiger charge is 2.10. The van der Waals surface area contributed by atoms with Crippen molar-refractivity contribution in [1.82, 2.24) is 0 Å². The molecule has 3 aromatic carbocycles. The van der Waals surface area contributed by atoms with Gasteiger partial charge in [0.15, 0.2) is 0 Å². The van der Waals surface area contributed by atoms with Crippen LogP contribution in [-0.4, -0.2) is 0 Å². The zero-order chi connectivity index (χ0) is 19.1. The van der Waals surface area contributed by atoms with E-state index in [2.05, 4.69) is 50.2 Å². The lowest BCUT2D eigenvalue weighted by Crippen LogP contribution is -2.00. The van der Waals surface area contributed by atoms with Gasteiger partial charge in [-0.05, 0) is 52.6 Å². The lowest BCUT2D eigenvalue weighted by Gasteiger charge is -2.13. The summed E-state index contributed by atoms with van der Waals surface area (Å²) in [6, 6.07) is 24.4. The first-order valence-electron chi connectivity index (χ1n) is 9.76. The summed E-state index contributed by atoms with van der Waals surface area (Å²) in [4.78, 5) is 0. The number of benzene rings is 3. The summed E-state index contributed by atoms with van der Waals surface area (Å²) in [6.07, 6.45) is 6.99. The first kappa shape index (κ1) is 19.1. The molecule has 0 unspecified atom stereocenters. The van der Waals surface area contributed by atoms with Gasteiger partial charge in [-0.2, -0.15) is 0 Å². The maximum Gasteiger partial charge on any atom is 0.127 e. The van der Waals surface area contributed by atoms with E-state index in [-0.39, 0.29) is 5.82 Å². The summed E-state index contributed by atoms with van der Waals surface area (Å²) in [7, 11) is 0. The molecule has 0 N–H and O–H groups in total. The fraction of sp³-hybridized carbons (Fsp3) is 0.231. The van der Waals surface area contributed by atoms with Crippen LogP contribution in [0.15, 0.2) is 72.8 Å². The van der Waals surface area contributed by atoms with Crippen molar-refractivity contribution in [2.45, 2.75) is 39.0 Å². The molecule has 138 valence electrons. The van der Waals surface area contributed by atoms with Crippen molar-refractivity contribution in [3.05, 3.63) is 106 Å². The molecule has 3 aromatic rings. The van der Waals surface area contributed by atoms with Gasteiger partial charge >= 0.3 is 0 Å². The quantitative estimate of drug-likeness (QED) is 0.389. The molecular weight excluding hydrogens is 331 g/mol. The maximum atomic E-state index is 14.6. The third-order valence-electron chi connectivity index (χ3n) is 4.96. The van der Waals surface area contributed by atoms with E-state index < -0.39 is 0 Å². The Morgan fingerprint density at radius 3 is 2.19 bits per heavy atom. The molecule has 0 fully saturated rings. The first-order chi connectivity index (χ1) is 13.2. The Kier molecular flexibility index (Phi) is 6.59. The van der Waals surface area contributed by atoms with Crippen LogP contribution in [0.4, 0.5) is 4.39 Å². The van der Waals surface area contributed by atoms with Gasteiger partial charge in [0.05, 0.1) is 0 Å². The summed E-state index contributed by atoms with van der Waals surface area (Å²) >= 11 is 0. The fourth-order valence-corrected chi connectivity index (χ4v) is 3.34. The molecule has 1 atom stereocenters. The van der Waals surface area contributed by atoms with Crippen molar-refractivity contribution >= 4 is 12.2 Å². The van der Waals surface area contributed by atoms with E-state index in [0.29, 0.717) is 12.3 Å². The Hall–Kier alpha value is -2.67. The predicted molar refractivity (Wildman–Crippen MR) is 114 cm³/mol. The minimum absolute atomic E-state index is 0.127. The molecule has 0 spiro atoms. The molecule has 3 rings (SSSR count). The van der Waals surface area contributed by atoms with Crippen LogP contribution in [0.1, 0.15) is 54.0 Å². The van der Waals surface area contributed by atoms with Gasteiger partial charge in [-0.3, -0.25) is 0 Å². The average molecular weight is 358 g/mol. The second-order valence-corrected chi connectivity index (χ2v) is 7.19. The van der Waals surface area contributed by atoms with Gasteiger partial charge in [0.1, 0.15) is 5.82 Å². The molecule has 0 aliphatic heterocycles. The fourth-order valence-electron chi connectivity index (χ4n) is 3.34. The van der Waals surface area contributed by atoms with E-state index in [4.69, 9.17) is 0 Å². The van der Waals surface area contributed by atoms with Crippen LogP contribution < -0.4 is 0 Å². The largest absolute Gasteiger partial charge is 0.207 e. The van der Waals surface area contributed by atoms with E-state index in [9.17, 15) is 4.39 Å². The third kappa shape index (κ3) is 5.40. The smallest absolute Gasteiger partial charge is 0.127 e. The van der Waals surface area contributed by atoms with Crippen molar-refractivity contribution in [2.24, 2.45) is 0 Å². The maximum absolute atomic E-state index is 14.6. The molecule has 0 amide bonds. The number of aryl methyl sites for hydroxylation is 1. The van der Waals surface area contributed by atoms with Gasteiger partial charge in [-0.25, -0.2) is 4.39 Å². The van der Waals surface area contributed by atoms with E-state index >= 15 is 0 Å². The van der Waals surface area contributed by atoms with E-state index in [1.807, 2.05) is 42.5 Å². The Morgan fingerprint density at radius 2 is 1.52 bits per heavy atom. The standard InChI is InChI=1S/C26H27F/c1-3-7-21-10-12-22(13-11-21)14-15-23-16-17-25(26(27)19-23)18-20(2)24-8-5-4-6-9-24/h4-6,8-17,19-20H,3,7,18H2,1-2H3/t20-/m1/s1. The summed E-state index contributed by atoms with van der Waals surface area (Å²) in [5.41, 5.74) is 5.40. The van der Waals surface area contributed by atoms with Crippen LogP contribution in [-0.2, 0) is 12.8 Å². The van der Waals surface area contributed by atoms with Crippen LogP contribution in [0.2, 0.25) is 0 Å². The van der Waals surface area contributed by atoms with Gasteiger partial charge < -0.3 is 0 Å². The van der Waals surface area contributed by atoms with Gasteiger partial charge in [-0.15, -0.1) is 0 Å². The van der Waals surface area contributed by atoms with Gasteiger partial charge in [0.25, 0.3) is 0 Å². The van der Waals surface area contributed by atoms with Crippen LogP contribution in [0, 0.1) is 5.82 Å². The molecule has 0 saturated carbocycles. The van der Waals surface area contributed by atoms with Crippen molar-refractivity contribution in [3.63, 3.8) is 0 Å². The Balaban J connectivity index is 1.67. The molecule has 1 heteroatoms. The highest BCUT2D eigenvalue weighted by Crippen LogP contribution is 2.23. The first-order valence-corrected chi connectivity index (χ1v) is 9.76. The Labute approximate surface area is 162 Å². The zero-order valence-corrected chi connectivity index (χ0v) is 16.2. The lowest BCUT2D eigenvalue weighted by molar-refractivity contribution is 0.597. The van der Waals surface area contributed by atoms with Crippen molar-refractivity contribution in [1.29, 1.82) is 0 Å². The number of hydrogen-bond acceptors (Lipinski definition) is 0. The topological polar surface area (TPSA) is 0 Å². The number of hydrogen-bond donors (Lipinski definition) is 0. The Bertz CT molecular complexity index is 876. The molecule has 0 aromatic heterocycles. The molecule has 0 aliphatic carbocycles. The molecule has 0 heterocycles. The molecule has 0 radical (unpaired) electrons. The van der Waals surface area contributed by atoms with Gasteiger partial charge in [0.2, 0.25) is 0 Å². The summed E-state index contributed by atoms with van der Waals surface area (Å²) in [5, 5.41) is 0. The van der Waals surface area contributed by atoms with E-state index in [1.54, 1.807) is 6.07 Å². The van der Waals surface area contributed by atoms with Crippen LogP contribution in [0.3, 0.4) is 0 Å². The van der Waals surface area contributed by atoms with Gasteiger partial charge in [-0.1, -0.05) is 99.2 Å². The minimum Gasteiger partial charge on any atom is -0.207 e. The zero-order valence-electron chi connectivity index (χ0n) is 16.2. The van der Waals surface area contributed by atoms with E-state index in [1.165, 1.54) is 11.1 Å². The van der Waals surface area contributed by atoms with Gasteiger partial charge in [0, 0.05) is 0 Å². The summed E-state index contributed by atoms with van der Waals surface area (Å²) in [6.45, 7) is 4.33. The molecule has 0 nitrogen and oxygen atoms in total. The van der Waals surface area contributed by atoms with Crippen LogP contribution >= 0.6 is 0 Å². The summed E-state index contributed by atoms with van der Waals surface area (Å²) < 4.78 is 14.6. The predicted octanol–water partition coefficient (Wildman–Crippen LogP) is 7.29. The SMILES string of the molecule is CCCc1ccc(C=Cc2ccc(C[C@@H](C)c3ccccc3)c(F)c2)cc1. The number of halogens is 1. The highest BCUT2D eigenvalue weighted by atomic mass is 19.1. The minimum atomic E-state index is -0.127. The van der Waals surface area contributed by atoms with Crippen LogP contribution in [0.25, 0.3) is 12.2 Å². The third-order valence-corrected chi connectivity index (χ3v) is 4.96. The summed E-state index contributed by atoms with van der Waals surface area (Å²) in [5.74, 6) is 0.168. The van der Waals surface area contributed by atoms with Crippen LogP contribution in [0.5, 0.6) is 0 Å². The normalized spacial score (nSPS) is 12.4. The molecule has 27 heavy (non-hydrogen) atoms. The molecule has 0 aliphatic rings. The second kappa shape index (κ2) is 9.32.